The molecule has 0 fully saturated rings. The van der Waals surface area contributed by atoms with Crippen LogP contribution < -0.4 is 0 Å². The van der Waals surface area contributed by atoms with Gasteiger partial charge in [-0.15, -0.1) is 0 Å². The number of aliphatic carboxylic acids is 2. The van der Waals surface area contributed by atoms with E-state index < -0.39 is 11.9 Å². The Morgan fingerprint density at radius 2 is 1.13 bits per heavy atom. The molecule has 7 heteroatoms. The molecule has 0 rings (SSSR count). The van der Waals surface area contributed by atoms with E-state index in [4.69, 9.17) is 10.2 Å². The molecule has 0 bridgehead atoms. The minimum Gasteiger partial charge on any atom is -0.478 e. The zero-order chi connectivity index (χ0) is 11.7. The average Bonchev–Trinajstić information content (AvgIpc) is 1.79. The van der Waals surface area contributed by atoms with Crippen LogP contribution >= 0.6 is 31.9 Å². The van der Waals surface area contributed by atoms with Gasteiger partial charge in [0.15, 0.2) is 0 Å². The van der Waals surface area contributed by atoms with Gasteiger partial charge in [0.1, 0.15) is 0 Å². The molecule has 0 aliphatic rings. The van der Waals surface area contributed by atoms with Gasteiger partial charge in [-0.05, 0) is 22.8 Å². The Bertz CT molecular complexity index is 238. The normalized spacial score (nSPS) is 10.7. The molecule has 0 atom stereocenters. The second-order valence-corrected chi connectivity index (χ2v) is 4.64. The quantitative estimate of drug-likeness (QED) is 0.557. The van der Waals surface area contributed by atoms with Crippen LogP contribution in [0.15, 0.2) is 21.1 Å². The van der Waals surface area contributed by atoms with Crippen LogP contribution in [0.1, 0.15) is 13.8 Å². The molecule has 15 heavy (non-hydrogen) atoms. The smallest absolute Gasteiger partial charge is 0.329 e. The Labute approximate surface area is 117 Å². The van der Waals surface area contributed by atoms with Crippen LogP contribution in [0.4, 0.5) is 0 Å². The molecule has 0 radical (unpaired) electrons. The Morgan fingerprint density at radius 1 is 0.933 bits per heavy atom. The summed E-state index contributed by atoms with van der Waals surface area (Å²) in [7, 11) is 0. The van der Waals surface area contributed by atoms with E-state index in [0.717, 1.165) is 12.2 Å². The molecule has 4 nitrogen and oxygen atoms in total. The van der Waals surface area contributed by atoms with Gasteiger partial charge >= 0.3 is 11.9 Å². The minimum absolute atomic E-state index is 0. The standard InChI is InChI=1S/2C4H5BrO2.Zn/c2*1-3(5)2-4(6)7;/h2*2H,1H3,(H,6,7);/b2*3-2-;. The van der Waals surface area contributed by atoms with Crippen LogP contribution in [0.5, 0.6) is 0 Å². The Kier molecular flexibility index (Phi) is 16.4. The van der Waals surface area contributed by atoms with Crippen molar-refractivity contribution in [3.63, 3.8) is 0 Å². The topological polar surface area (TPSA) is 74.6 Å². The van der Waals surface area contributed by atoms with Crippen molar-refractivity contribution >= 4 is 43.8 Å². The number of carboxylic acid groups (broad SMARTS) is 2. The van der Waals surface area contributed by atoms with Gasteiger partial charge in [-0.2, -0.15) is 0 Å². The fraction of sp³-hybridized carbons (Fsp3) is 0.250. The monoisotopic (exact) mass is 392 g/mol. The van der Waals surface area contributed by atoms with Crippen LogP contribution in [0.25, 0.3) is 0 Å². The number of rotatable bonds is 2. The van der Waals surface area contributed by atoms with Crippen molar-refractivity contribution in [1.29, 1.82) is 0 Å². The van der Waals surface area contributed by atoms with Crippen molar-refractivity contribution in [1.82, 2.24) is 0 Å². The van der Waals surface area contributed by atoms with Crippen molar-refractivity contribution < 1.29 is 39.3 Å². The molecule has 0 heterocycles. The van der Waals surface area contributed by atoms with Gasteiger partial charge in [0.05, 0.1) is 0 Å². The first-order valence-electron chi connectivity index (χ1n) is 3.39. The zero-order valence-electron chi connectivity index (χ0n) is 8.33. The third-order valence-electron chi connectivity index (χ3n) is 0.645. The van der Waals surface area contributed by atoms with Gasteiger partial charge in [-0.1, -0.05) is 31.9 Å². The third-order valence-corrected chi connectivity index (χ3v) is 1.10. The second kappa shape index (κ2) is 12.1. The van der Waals surface area contributed by atoms with Crippen molar-refractivity contribution in [2.24, 2.45) is 0 Å². The van der Waals surface area contributed by atoms with Crippen LogP contribution in [0.3, 0.4) is 0 Å². The molecule has 0 unspecified atom stereocenters. The molecule has 0 aromatic carbocycles. The summed E-state index contributed by atoms with van der Waals surface area (Å²) in [6, 6.07) is 0. The molecular weight excluding hydrogens is 385 g/mol. The molecule has 0 aromatic heterocycles. The molecule has 0 aliphatic carbocycles. The van der Waals surface area contributed by atoms with E-state index in [-0.39, 0.29) is 19.5 Å². The summed E-state index contributed by atoms with van der Waals surface area (Å²) in [6.07, 6.45) is 2.17. The summed E-state index contributed by atoms with van der Waals surface area (Å²) in [5.41, 5.74) is 0. The number of carbonyl (C=O) groups is 2. The summed E-state index contributed by atoms with van der Waals surface area (Å²) in [5.74, 6) is -1.84. The molecule has 82 valence electrons. The summed E-state index contributed by atoms with van der Waals surface area (Å²) in [6.45, 7) is 3.32. The van der Waals surface area contributed by atoms with E-state index in [9.17, 15) is 9.59 Å². The maximum absolute atomic E-state index is 9.70. The fourth-order valence-corrected chi connectivity index (χ4v) is 0.732. The molecule has 0 aliphatic heterocycles. The van der Waals surface area contributed by atoms with Gasteiger partial charge < -0.3 is 10.2 Å². The van der Waals surface area contributed by atoms with E-state index in [1.165, 1.54) is 0 Å². The first kappa shape index (κ1) is 20.4. The van der Waals surface area contributed by atoms with Crippen LogP contribution in [-0.2, 0) is 29.1 Å². The van der Waals surface area contributed by atoms with Gasteiger partial charge in [0, 0.05) is 31.6 Å². The van der Waals surface area contributed by atoms with E-state index in [2.05, 4.69) is 31.9 Å². The molecule has 0 spiro atoms. The zero-order valence-corrected chi connectivity index (χ0v) is 14.5. The van der Waals surface area contributed by atoms with E-state index in [1.54, 1.807) is 13.8 Å². The first-order valence-corrected chi connectivity index (χ1v) is 4.97. The minimum atomic E-state index is -0.922. The van der Waals surface area contributed by atoms with Crippen molar-refractivity contribution in [2.75, 3.05) is 0 Å². The summed E-state index contributed by atoms with van der Waals surface area (Å²) >= 11 is 5.91. The predicted octanol–water partition coefficient (Wildman–Crippen LogP) is 2.74. The van der Waals surface area contributed by atoms with Gasteiger partial charge in [-0.25, -0.2) is 9.59 Å². The fourth-order valence-electron chi connectivity index (χ4n) is 0.340. The van der Waals surface area contributed by atoms with Gasteiger partial charge in [0.2, 0.25) is 0 Å². The maximum atomic E-state index is 9.70. The number of halogens is 2. The Morgan fingerprint density at radius 3 is 1.13 bits per heavy atom. The van der Waals surface area contributed by atoms with Crippen molar-refractivity contribution in [3.8, 4) is 0 Å². The molecule has 0 aromatic rings. The Balaban J connectivity index is -0.000000180. The summed E-state index contributed by atoms with van der Waals surface area (Å²) in [5, 5.41) is 16.0. The first-order chi connectivity index (χ1) is 6.25. The largest absolute Gasteiger partial charge is 0.478 e. The number of hydrogen-bond donors (Lipinski definition) is 2. The van der Waals surface area contributed by atoms with Gasteiger partial charge in [0.25, 0.3) is 0 Å². The van der Waals surface area contributed by atoms with Crippen LogP contribution in [0, 0.1) is 0 Å². The van der Waals surface area contributed by atoms with Crippen molar-refractivity contribution in [2.45, 2.75) is 13.8 Å². The molecular formula is C8H10Br2O4Zn. The summed E-state index contributed by atoms with van der Waals surface area (Å²) in [4.78, 5) is 19.4. The predicted molar refractivity (Wildman–Crippen MR) is 60.6 cm³/mol. The van der Waals surface area contributed by atoms with E-state index >= 15 is 0 Å². The van der Waals surface area contributed by atoms with E-state index in [1.807, 2.05) is 0 Å². The number of hydrogen-bond acceptors (Lipinski definition) is 2. The Hall–Kier alpha value is 0.00338. The molecule has 0 amide bonds. The second-order valence-electron chi connectivity index (χ2n) is 2.14. The average molecular weight is 395 g/mol. The molecule has 0 saturated carbocycles. The van der Waals surface area contributed by atoms with Crippen molar-refractivity contribution in [3.05, 3.63) is 21.1 Å². The van der Waals surface area contributed by atoms with Gasteiger partial charge in [-0.3, -0.25) is 0 Å². The molecule has 2 N–H and O–H groups in total. The maximum Gasteiger partial charge on any atom is 0.329 e. The van der Waals surface area contributed by atoms with Crippen LogP contribution in [-0.4, -0.2) is 22.2 Å². The van der Waals surface area contributed by atoms with Crippen LogP contribution in [0.2, 0.25) is 0 Å². The number of carboxylic acids is 2. The summed E-state index contributed by atoms with van der Waals surface area (Å²) < 4.78 is 1.25. The SMILES string of the molecule is C/C(Br)=C/C(=O)O.C/C(Br)=C/C(=O)O.[Zn]. The van der Waals surface area contributed by atoms with E-state index in [0.29, 0.717) is 8.96 Å². The number of allylic oxidation sites excluding steroid dienone is 2. The third kappa shape index (κ3) is 31.5. The molecule has 0 saturated heterocycles.